The first kappa shape index (κ1) is 14.2. The van der Waals surface area contributed by atoms with E-state index in [1.807, 2.05) is 6.07 Å². The van der Waals surface area contributed by atoms with Gasteiger partial charge in [0, 0.05) is 24.3 Å². The third kappa shape index (κ3) is 3.31. The van der Waals surface area contributed by atoms with E-state index in [9.17, 15) is 9.59 Å². The first-order chi connectivity index (χ1) is 10.1. The van der Waals surface area contributed by atoms with Crippen molar-refractivity contribution in [1.82, 2.24) is 10.2 Å². The van der Waals surface area contributed by atoms with Crippen LogP contribution in [0.4, 0.5) is 5.69 Å². The van der Waals surface area contributed by atoms with Crippen LogP contribution in [0, 0.1) is 11.8 Å². The molecule has 2 heterocycles. The number of Topliss-reactive ketones (excluding diaryl/α,β-unsaturated/α-hetero) is 1. The number of benzene rings is 1. The molecule has 2 saturated heterocycles. The zero-order chi connectivity index (χ0) is 14.8. The SMILES string of the molecule is CC(=O)c1cccc(NC(=O)CN2C[C@H]3CNC[C@H]3C2)c1. The maximum atomic E-state index is 12.1. The van der Waals surface area contributed by atoms with E-state index in [4.69, 9.17) is 0 Å². The number of fused-ring (bicyclic) bond motifs is 1. The molecule has 2 aliphatic heterocycles. The lowest BCUT2D eigenvalue weighted by Crippen LogP contribution is -2.33. The lowest BCUT2D eigenvalue weighted by Gasteiger charge is -2.16. The van der Waals surface area contributed by atoms with Crippen LogP contribution in [0.3, 0.4) is 0 Å². The van der Waals surface area contributed by atoms with Gasteiger partial charge in [-0.2, -0.15) is 0 Å². The van der Waals surface area contributed by atoms with Gasteiger partial charge in [0.2, 0.25) is 5.91 Å². The van der Waals surface area contributed by atoms with Gasteiger partial charge >= 0.3 is 0 Å². The van der Waals surface area contributed by atoms with Gasteiger partial charge in [-0.25, -0.2) is 0 Å². The van der Waals surface area contributed by atoms with Crippen molar-refractivity contribution in [2.75, 3.05) is 38.0 Å². The summed E-state index contributed by atoms with van der Waals surface area (Å²) in [5, 5.41) is 6.28. The van der Waals surface area contributed by atoms with Crippen molar-refractivity contribution in [2.45, 2.75) is 6.92 Å². The molecule has 0 spiro atoms. The van der Waals surface area contributed by atoms with Crippen LogP contribution in [-0.4, -0.2) is 49.3 Å². The number of anilines is 1. The average Bonchev–Trinajstić information content (AvgIpc) is 2.99. The summed E-state index contributed by atoms with van der Waals surface area (Å²) in [6, 6.07) is 7.08. The average molecular weight is 287 g/mol. The van der Waals surface area contributed by atoms with E-state index in [2.05, 4.69) is 15.5 Å². The molecule has 0 radical (unpaired) electrons. The standard InChI is InChI=1S/C16H21N3O2/c1-11(20)12-3-2-4-15(5-12)18-16(21)10-19-8-13-6-17-7-14(13)9-19/h2-5,13-14,17H,6-10H2,1H3,(H,18,21)/t13-,14+. The predicted molar refractivity (Wildman–Crippen MR) is 81.4 cm³/mol. The van der Waals surface area contributed by atoms with Gasteiger partial charge < -0.3 is 10.6 Å². The van der Waals surface area contributed by atoms with Crippen LogP contribution < -0.4 is 10.6 Å². The minimum absolute atomic E-state index is 0.00553. The highest BCUT2D eigenvalue weighted by Gasteiger charge is 2.36. The van der Waals surface area contributed by atoms with Crippen LogP contribution in [0.15, 0.2) is 24.3 Å². The van der Waals surface area contributed by atoms with E-state index in [-0.39, 0.29) is 11.7 Å². The van der Waals surface area contributed by atoms with Crippen molar-refractivity contribution in [1.29, 1.82) is 0 Å². The summed E-state index contributed by atoms with van der Waals surface area (Å²) in [7, 11) is 0. The molecule has 5 nitrogen and oxygen atoms in total. The molecule has 1 aromatic carbocycles. The van der Waals surface area contributed by atoms with Crippen molar-refractivity contribution < 1.29 is 9.59 Å². The largest absolute Gasteiger partial charge is 0.325 e. The summed E-state index contributed by atoms with van der Waals surface area (Å²) in [6.45, 7) is 6.10. The normalized spacial score (nSPS) is 24.8. The molecule has 5 heteroatoms. The second-order valence-electron chi connectivity index (χ2n) is 6.06. The molecule has 2 atom stereocenters. The Bertz CT molecular complexity index is 546. The van der Waals surface area contributed by atoms with Gasteiger partial charge in [0.05, 0.1) is 6.54 Å². The van der Waals surface area contributed by atoms with E-state index >= 15 is 0 Å². The fourth-order valence-corrected chi connectivity index (χ4v) is 3.30. The van der Waals surface area contributed by atoms with Gasteiger partial charge in [-0.1, -0.05) is 12.1 Å². The molecule has 0 bridgehead atoms. The van der Waals surface area contributed by atoms with Crippen molar-refractivity contribution in [3.63, 3.8) is 0 Å². The van der Waals surface area contributed by atoms with Gasteiger partial charge in [-0.15, -0.1) is 0 Å². The second kappa shape index (κ2) is 5.95. The van der Waals surface area contributed by atoms with Crippen LogP contribution in [0.1, 0.15) is 17.3 Å². The smallest absolute Gasteiger partial charge is 0.238 e. The number of likely N-dealkylation sites (tertiary alicyclic amines) is 1. The fraction of sp³-hybridized carbons (Fsp3) is 0.500. The van der Waals surface area contributed by atoms with E-state index in [0.717, 1.165) is 26.2 Å². The summed E-state index contributed by atoms with van der Waals surface area (Å²) in [4.78, 5) is 25.7. The molecule has 112 valence electrons. The molecular formula is C16H21N3O2. The topological polar surface area (TPSA) is 61.4 Å². The number of carbonyl (C=O) groups excluding carboxylic acids is 2. The van der Waals surface area contributed by atoms with Crippen LogP contribution in [0.25, 0.3) is 0 Å². The maximum absolute atomic E-state index is 12.1. The zero-order valence-corrected chi connectivity index (χ0v) is 12.3. The van der Waals surface area contributed by atoms with E-state index in [0.29, 0.717) is 29.6 Å². The molecule has 1 amide bonds. The molecule has 2 aliphatic rings. The van der Waals surface area contributed by atoms with Crippen LogP contribution in [0.5, 0.6) is 0 Å². The molecule has 0 aromatic heterocycles. The van der Waals surface area contributed by atoms with Gasteiger partial charge in [0.25, 0.3) is 0 Å². The second-order valence-corrected chi connectivity index (χ2v) is 6.06. The highest BCUT2D eigenvalue weighted by molar-refractivity contribution is 5.97. The quantitative estimate of drug-likeness (QED) is 0.810. The van der Waals surface area contributed by atoms with Gasteiger partial charge in [-0.3, -0.25) is 14.5 Å². The van der Waals surface area contributed by atoms with E-state index in [1.54, 1.807) is 18.2 Å². The first-order valence-corrected chi connectivity index (χ1v) is 7.46. The number of nitrogens with one attached hydrogen (secondary N) is 2. The van der Waals surface area contributed by atoms with E-state index in [1.165, 1.54) is 6.92 Å². The minimum Gasteiger partial charge on any atom is -0.325 e. The number of hydrogen-bond acceptors (Lipinski definition) is 4. The van der Waals surface area contributed by atoms with E-state index < -0.39 is 0 Å². The van der Waals surface area contributed by atoms with Gasteiger partial charge in [0.15, 0.2) is 5.78 Å². The van der Waals surface area contributed by atoms with Crippen molar-refractivity contribution >= 4 is 17.4 Å². The summed E-state index contributed by atoms with van der Waals surface area (Å²) >= 11 is 0. The highest BCUT2D eigenvalue weighted by atomic mass is 16.2. The van der Waals surface area contributed by atoms with Gasteiger partial charge in [-0.05, 0) is 44.0 Å². The summed E-state index contributed by atoms with van der Waals surface area (Å²) in [5.41, 5.74) is 1.31. The number of ketones is 1. The molecule has 0 aliphatic carbocycles. The monoisotopic (exact) mass is 287 g/mol. The molecule has 3 rings (SSSR count). The predicted octanol–water partition coefficient (Wildman–Crippen LogP) is 0.979. The molecule has 21 heavy (non-hydrogen) atoms. The Morgan fingerprint density at radius 2 is 2.00 bits per heavy atom. The Balaban J connectivity index is 1.55. The number of rotatable bonds is 4. The molecule has 1 aromatic rings. The number of hydrogen-bond donors (Lipinski definition) is 2. The lowest BCUT2D eigenvalue weighted by molar-refractivity contribution is -0.117. The Morgan fingerprint density at radius 3 is 2.67 bits per heavy atom. The summed E-state index contributed by atoms with van der Waals surface area (Å²) in [5.74, 6) is 1.38. The van der Waals surface area contributed by atoms with Crippen molar-refractivity contribution in [3.8, 4) is 0 Å². The van der Waals surface area contributed by atoms with Crippen LogP contribution in [0.2, 0.25) is 0 Å². The third-order valence-electron chi connectivity index (χ3n) is 4.39. The minimum atomic E-state index is -0.0105. The van der Waals surface area contributed by atoms with Crippen LogP contribution in [-0.2, 0) is 4.79 Å². The number of amides is 1. The molecule has 2 N–H and O–H groups in total. The fourth-order valence-electron chi connectivity index (χ4n) is 3.30. The molecular weight excluding hydrogens is 266 g/mol. The zero-order valence-electron chi connectivity index (χ0n) is 12.3. The summed E-state index contributed by atoms with van der Waals surface area (Å²) in [6.07, 6.45) is 0. The van der Waals surface area contributed by atoms with Crippen LogP contribution >= 0.6 is 0 Å². The van der Waals surface area contributed by atoms with Crippen molar-refractivity contribution in [2.24, 2.45) is 11.8 Å². The highest BCUT2D eigenvalue weighted by Crippen LogP contribution is 2.25. The molecule has 0 unspecified atom stereocenters. The van der Waals surface area contributed by atoms with Crippen molar-refractivity contribution in [3.05, 3.63) is 29.8 Å². The Kier molecular flexibility index (Phi) is 4.03. The Hall–Kier alpha value is -1.72. The Morgan fingerprint density at radius 1 is 1.29 bits per heavy atom. The first-order valence-electron chi connectivity index (χ1n) is 7.46. The molecule has 2 fully saturated rings. The summed E-state index contributed by atoms with van der Waals surface area (Å²) < 4.78 is 0. The van der Waals surface area contributed by atoms with Gasteiger partial charge in [0.1, 0.15) is 0 Å². The number of carbonyl (C=O) groups is 2. The Labute approximate surface area is 124 Å². The maximum Gasteiger partial charge on any atom is 0.238 e. The lowest BCUT2D eigenvalue weighted by atomic mass is 10.0. The number of nitrogens with zero attached hydrogens (tertiary/aromatic N) is 1. The molecule has 0 saturated carbocycles. The third-order valence-corrected chi connectivity index (χ3v) is 4.39.